The number of nitrogens with one attached hydrogen (secondary N) is 2. The molecule has 2 bridgehead atoms. The molecule has 2 aromatic carbocycles. The van der Waals surface area contributed by atoms with Gasteiger partial charge in [-0.25, -0.2) is 4.79 Å². The van der Waals surface area contributed by atoms with Gasteiger partial charge in [0.25, 0.3) is 5.91 Å². The van der Waals surface area contributed by atoms with E-state index in [1.165, 1.54) is 23.9 Å². The van der Waals surface area contributed by atoms with E-state index in [0.717, 1.165) is 43.8 Å². The third kappa shape index (κ3) is 5.31. The minimum Gasteiger partial charge on any atom is -0.484 e. The Balaban J connectivity index is 1.11. The molecule has 3 N–H and O–H groups in total. The number of aromatic nitrogens is 1. The second-order valence-corrected chi connectivity index (χ2v) is 15.2. The molecule has 7 unspecified atom stereocenters. The van der Waals surface area contributed by atoms with Crippen LogP contribution in [0, 0.1) is 35.5 Å². The zero-order valence-corrected chi connectivity index (χ0v) is 27.2. The number of imide groups is 1. The van der Waals surface area contributed by atoms with Gasteiger partial charge in [-0.1, -0.05) is 43.4 Å². The molecule has 3 fully saturated rings. The molecule has 0 spiro atoms. The molecule has 3 heterocycles. The number of likely N-dealkylation sites (tertiary alicyclic amines) is 1. The Morgan fingerprint density at radius 3 is 2.40 bits per heavy atom. The van der Waals surface area contributed by atoms with Crippen molar-refractivity contribution in [3.8, 4) is 5.75 Å². The Kier molecular flexibility index (Phi) is 7.97. The SMILES string of the molecule is CC(C)C(C(=O)O)N1C(=O)C2C3CC(C2C1=O)C1C3Sc2[nH]c(=O)sc2[C@@H]1c1ccc(OCC(=O)Nc2cccc(C(F)(F)F)c2)cc1. The number of carbonyl (C=O) groups excluding carboxylic acids is 3. The van der Waals surface area contributed by atoms with Gasteiger partial charge in [-0.3, -0.25) is 24.1 Å². The van der Waals surface area contributed by atoms with Crippen molar-refractivity contribution in [3.63, 3.8) is 0 Å². The number of carboxylic acids is 1. The van der Waals surface area contributed by atoms with E-state index in [1.54, 1.807) is 26.0 Å². The summed E-state index contributed by atoms with van der Waals surface area (Å²) in [6, 6.07) is 10.0. The lowest BCUT2D eigenvalue weighted by molar-refractivity contribution is -0.157. The Morgan fingerprint density at radius 2 is 1.75 bits per heavy atom. The van der Waals surface area contributed by atoms with Crippen molar-refractivity contribution in [2.24, 2.45) is 35.5 Å². The number of hydrogen-bond donors (Lipinski definition) is 3. The molecule has 7 rings (SSSR count). The summed E-state index contributed by atoms with van der Waals surface area (Å²) in [7, 11) is 0. The summed E-state index contributed by atoms with van der Waals surface area (Å²) in [5.41, 5.74) is -0.0463. The van der Waals surface area contributed by atoms with Crippen LogP contribution < -0.4 is 14.9 Å². The number of fused-ring (bicyclic) bond motifs is 9. The van der Waals surface area contributed by atoms with Crippen LogP contribution in [0.15, 0.2) is 58.4 Å². The number of thioether (sulfide) groups is 1. The van der Waals surface area contributed by atoms with Crippen molar-refractivity contribution in [3.05, 3.63) is 74.2 Å². The van der Waals surface area contributed by atoms with Gasteiger partial charge in [-0.05, 0) is 66.0 Å². The Morgan fingerprint density at radius 1 is 1.06 bits per heavy atom. The highest BCUT2D eigenvalue weighted by atomic mass is 32.2. The van der Waals surface area contributed by atoms with E-state index in [1.807, 2.05) is 12.1 Å². The molecule has 3 aromatic rings. The third-order valence-electron chi connectivity index (χ3n) is 10.0. The summed E-state index contributed by atoms with van der Waals surface area (Å²) in [4.78, 5) is 69.2. The number of alkyl halides is 3. The predicted octanol–water partition coefficient (Wildman–Crippen LogP) is 5.06. The van der Waals surface area contributed by atoms with Crippen LogP contribution in [-0.4, -0.2) is 56.6 Å². The normalized spacial score (nSPS) is 27.9. The summed E-state index contributed by atoms with van der Waals surface area (Å²) in [6.07, 6.45) is -3.89. The molecule has 48 heavy (non-hydrogen) atoms. The molecular formula is C33H30F3N3O7S2. The average molecular weight is 702 g/mol. The van der Waals surface area contributed by atoms with Crippen molar-refractivity contribution < 1.29 is 42.2 Å². The van der Waals surface area contributed by atoms with Crippen molar-refractivity contribution >= 4 is 52.5 Å². The summed E-state index contributed by atoms with van der Waals surface area (Å²) >= 11 is 2.63. The highest BCUT2D eigenvalue weighted by Crippen LogP contribution is 2.68. The van der Waals surface area contributed by atoms with Crippen LogP contribution >= 0.6 is 23.1 Å². The molecule has 2 aliphatic carbocycles. The van der Waals surface area contributed by atoms with E-state index < -0.39 is 65.8 Å². The van der Waals surface area contributed by atoms with Crippen molar-refractivity contribution in [2.45, 2.75) is 48.7 Å². The number of amides is 3. The second kappa shape index (κ2) is 11.8. The smallest absolute Gasteiger partial charge is 0.416 e. The number of ether oxygens (including phenoxy) is 1. The first-order chi connectivity index (χ1) is 22.7. The highest BCUT2D eigenvalue weighted by molar-refractivity contribution is 8.00. The maximum atomic E-state index is 13.8. The van der Waals surface area contributed by atoms with Gasteiger partial charge in [0.2, 0.25) is 11.8 Å². The number of carbonyl (C=O) groups is 4. The number of benzene rings is 2. The fraction of sp³-hybridized carbons (Fsp3) is 0.424. The lowest BCUT2D eigenvalue weighted by Gasteiger charge is -2.43. The summed E-state index contributed by atoms with van der Waals surface area (Å²) in [6.45, 7) is 2.91. The van der Waals surface area contributed by atoms with E-state index >= 15 is 0 Å². The first kappa shape index (κ1) is 32.4. The van der Waals surface area contributed by atoms with Gasteiger partial charge >= 0.3 is 17.0 Å². The lowest BCUT2D eigenvalue weighted by atomic mass is 9.68. The molecule has 15 heteroatoms. The van der Waals surface area contributed by atoms with Gasteiger partial charge in [-0.2, -0.15) is 13.2 Å². The molecule has 0 radical (unpaired) electrons. The fourth-order valence-electron chi connectivity index (χ4n) is 8.27. The number of carboxylic acid groups (broad SMARTS) is 1. The molecule has 2 aliphatic heterocycles. The van der Waals surface area contributed by atoms with Crippen molar-refractivity contribution in [2.75, 3.05) is 11.9 Å². The van der Waals surface area contributed by atoms with Crippen LogP contribution in [0.2, 0.25) is 0 Å². The molecule has 10 nitrogen and oxygen atoms in total. The van der Waals surface area contributed by atoms with Gasteiger partial charge < -0.3 is 20.1 Å². The van der Waals surface area contributed by atoms with E-state index in [-0.39, 0.29) is 39.5 Å². The van der Waals surface area contributed by atoms with E-state index in [4.69, 9.17) is 4.74 Å². The molecular weight excluding hydrogens is 672 g/mol. The largest absolute Gasteiger partial charge is 0.484 e. The Labute approximate surface area is 280 Å². The van der Waals surface area contributed by atoms with Gasteiger partial charge in [-0.15, -0.1) is 11.8 Å². The number of H-pyrrole nitrogens is 1. The number of aromatic amines is 1. The molecule has 8 atom stereocenters. The Hall–Kier alpha value is -4.11. The van der Waals surface area contributed by atoms with Crippen LogP contribution in [0.5, 0.6) is 5.75 Å². The maximum absolute atomic E-state index is 13.8. The van der Waals surface area contributed by atoms with Gasteiger partial charge in [0.15, 0.2) is 6.61 Å². The van der Waals surface area contributed by atoms with E-state index in [2.05, 4.69) is 10.3 Å². The van der Waals surface area contributed by atoms with Crippen LogP contribution in [-0.2, 0) is 25.4 Å². The van der Waals surface area contributed by atoms with Crippen LogP contribution in [0.1, 0.15) is 42.2 Å². The molecule has 3 amide bonds. The maximum Gasteiger partial charge on any atom is 0.416 e. The number of hydrogen-bond acceptors (Lipinski definition) is 8. The molecule has 4 aliphatic rings. The van der Waals surface area contributed by atoms with E-state index in [9.17, 15) is 42.3 Å². The number of halogens is 3. The van der Waals surface area contributed by atoms with Crippen LogP contribution in [0.4, 0.5) is 18.9 Å². The third-order valence-corrected chi connectivity index (χ3v) is 12.6. The lowest BCUT2D eigenvalue weighted by Crippen LogP contribution is -2.49. The number of rotatable bonds is 8. The zero-order chi connectivity index (χ0) is 34.2. The summed E-state index contributed by atoms with van der Waals surface area (Å²) < 4.78 is 44.7. The first-order valence-electron chi connectivity index (χ1n) is 15.4. The predicted molar refractivity (Wildman–Crippen MR) is 169 cm³/mol. The minimum absolute atomic E-state index is 0.0128. The molecule has 252 valence electrons. The van der Waals surface area contributed by atoms with Gasteiger partial charge in [0.05, 0.1) is 22.4 Å². The van der Waals surface area contributed by atoms with Gasteiger partial charge in [0.1, 0.15) is 11.8 Å². The van der Waals surface area contributed by atoms with Gasteiger partial charge in [0, 0.05) is 21.7 Å². The molecule has 2 saturated carbocycles. The Bertz CT molecular complexity index is 1870. The van der Waals surface area contributed by atoms with Crippen LogP contribution in [0.3, 0.4) is 0 Å². The number of anilines is 1. The summed E-state index contributed by atoms with van der Waals surface area (Å²) in [5, 5.41) is 13.0. The molecule has 1 aromatic heterocycles. The number of nitrogens with zero attached hydrogens (tertiary/aromatic N) is 1. The van der Waals surface area contributed by atoms with Crippen molar-refractivity contribution in [1.29, 1.82) is 0 Å². The topological polar surface area (TPSA) is 146 Å². The van der Waals surface area contributed by atoms with Crippen molar-refractivity contribution in [1.82, 2.24) is 9.88 Å². The highest BCUT2D eigenvalue weighted by Gasteiger charge is 2.70. The standard InChI is InChI=1S/C33H30F3N3O7S2/c1-13(2)25(31(43)44)39-29(41)23-18-11-19(24(23)30(39)42)26-22(18)21(27-28(47-26)38-32(45)48-27)14-6-8-17(9-7-14)46-12-20(40)37-16-5-3-4-15(10-16)33(34,35)36/h3-10,13,18-19,21-26H,11-12H2,1-2H3,(H,37,40)(H,38,45)(H,43,44)/t18?,19?,21-,22?,23?,24?,25?,26?/m1/s1. The quantitative estimate of drug-likeness (QED) is 0.277. The second-order valence-electron chi connectivity index (χ2n) is 13.0. The monoisotopic (exact) mass is 701 g/mol. The molecule has 1 saturated heterocycles. The average Bonchev–Trinajstić information content (AvgIpc) is 3.76. The number of aliphatic carboxylic acids is 1. The summed E-state index contributed by atoms with van der Waals surface area (Å²) in [5.74, 6) is -4.75. The number of thiazole rings is 1. The minimum atomic E-state index is -4.55. The fourth-order valence-corrected chi connectivity index (χ4v) is 11.2. The van der Waals surface area contributed by atoms with E-state index in [0.29, 0.717) is 12.2 Å². The van der Waals surface area contributed by atoms with Crippen LogP contribution in [0.25, 0.3) is 0 Å². The first-order valence-corrected chi connectivity index (χ1v) is 17.1. The zero-order valence-electron chi connectivity index (χ0n) is 25.5.